The standard InChI is InChI=1S/C7H14N4O/c1-5(12-3)7(8)6-4-9-11(2)10-6/h4-5,7H,8H2,1-3H3. The van der Waals surface area contributed by atoms with Crippen LogP contribution in [0.15, 0.2) is 6.20 Å². The normalized spacial score (nSPS) is 16.0. The molecular formula is C7H14N4O. The van der Waals surface area contributed by atoms with E-state index in [2.05, 4.69) is 10.2 Å². The molecule has 12 heavy (non-hydrogen) atoms. The van der Waals surface area contributed by atoms with Crippen molar-refractivity contribution in [2.24, 2.45) is 12.8 Å². The molecule has 0 fully saturated rings. The van der Waals surface area contributed by atoms with Gasteiger partial charge in [-0.25, -0.2) is 0 Å². The molecule has 0 saturated heterocycles. The molecule has 0 aliphatic heterocycles. The lowest BCUT2D eigenvalue weighted by atomic mass is 10.1. The largest absolute Gasteiger partial charge is 0.380 e. The predicted octanol–water partition coefficient (Wildman–Crippen LogP) is -0.150. The van der Waals surface area contributed by atoms with E-state index in [1.807, 2.05) is 6.92 Å². The molecule has 68 valence electrons. The van der Waals surface area contributed by atoms with E-state index >= 15 is 0 Å². The number of nitrogens with zero attached hydrogens (tertiary/aromatic N) is 3. The number of aromatic nitrogens is 3. The van der Waals surface area contributed by atoms with Crippen molar-refractivity contribution in [2.75, 3.05) is 7.11 Å². The smallest absolute Gasteiger partial charge is 0.102 e. The molecule has 1 rings (SSSR count). The Hall–Kier alpha value is -0.940. The Morgan fingerprint density at radius 1 is 1.67 bits per heavy atom. The Balaban J connectivity index is 2.70. The van der Waals surface area contributed by atoms with Gasteiger partial charge in [-0.3, -0.25) is 0 Å². The zero-order valence-electron chi connectivity index (χ0n) is 7.56. The molecule has 1 heterocycles. The van der Waals surface area contributed by atoms with E-state index in [9.17, 15) is 0 Å². The predicted molar refractivity (Wildman–Crippen MR) is 44.4 cm³/mol. The van der Waals surface area contributed by atoms with Gasteiger partial charge in [0.2, 0.25) is 0 Å². The molecule has 0 aliphatic carbocycles. The molecule has 0 aliphatic rings. The van der Waals surface area contributed by atoms with Crippen LogP contribution in [0, 0.1) is 0 Å². The highest BCUT2D eigenvalue weighted by Crippen LogP contribution is 2.11. The number of aryl methyl sites for hydroxylation is 1. The minimum Gasteiger partial charge on any atom is -0.380 e. The van der Waals surface area contributed by atoms with Gasteiger partial charge in [0, 0.05) is 14.2 Å². The summed E-state index contributed by atoms with van der Waals surface area (Å²) in [7, 11) is 3.38. The van der Waals surface area contributed by atoms with Crippen LogP contribution < -0.4 is 5.73 Å². The van der Waals surface area contributed by atoms with E-state index in [0.29, 0.717) is 0 Å². The van der Waals surface area contributed by atoms with Crippen LogP contribution in [-0.2, 0) is 11.8 Å². The minimum atomic E-state index is -0.205. The van der Waals surface area contributed by atoms with Gasteiger partial charge in [-0.05, 0) is 6.92 Å². The zero-order valence-corrected chi connectivity index (χ0v) is 7.56. The second kappa shape index (κ2) is 3.64. The summed E-state index contributed by atoms with van der Waals surface area (Å²) in [6.45, 7) is 1.90. The van der Waals surface area contributed by atoms with Crippen molar-refractivity contribution < 1.29 is 4.74 Å². The van der Waals surface area contributed by atoms with E-state index < -0.39 is 0 Å². The van der Waals surface area contributed by atoms with Gasteiger partial charge in [0.1, 0.15) is 5.69 Å². The quantitative estimate of drug-likeness (QED) is 0.685. The summed E-state index contributed by atoms with van der Waals surface area (Å²) in [5.74, 6) is 0. The fourth-order valence-corrected chi connectivity index (χ4v) is 0.901. The molecule has 1 aromatic heterocycles. The highest BCUT2D eigenvalue weighted by molar-refractivity contribution is 5.00. The van der Waals surface area contributed by atoms with E-state index in [0.717, 1.165) is 5.69 Å². The number of nitrogens with two attached hydrogens (primary N) is 1. The molecule has 0 radical (unpaired) electrons. The lowest BCUT2D eigenvalue weighted by molar-refractivity contribution is 0.0943. The highest BCUT2D eigenvalue weighted by Gasteiger charge is 2.16. The number of rotatable bonds is 3. The third-order valence-electron chi connectivity index (χ3n) is 1.84. The van der Waals surface area contributed by atoms with Gasteiger partial charge in [0.15, 0.2) is 0 Å². The Kier molecular flexibility index (Phi) is 2.78. The van der Waals surface area contributed by atoms with Gasteiger partial charge < -0.3 is 10.5 Å². The fourth-order valence-electron chi connectivity index (χ4n) is 0.901. The Morgan fingerprint density at radius 2 is 2.33 bits per heavy atom. The van der Waals surface area contributed by atoms with E-state index in [1.165, 1.54) is 4.80 Å². The average Bonchev–Trinajstić information content (AvgIpc) is 2.49. The molecule has 2 N–H and O–H groups in total. The van der Waals surface area contributed by atoms with Gasteiger partial charge in [-0.1, -0.05) is 0 Å². The van der Waals surface area contributed by atoms with Gasteiger partial charge in [-0.15, -0.1) is 0 Å². The molecule has 1 aromatic rings. The van der Waals surface area contributed by atoms with Gasteiger partial charge in [0.25, 0.3) is 0 Å². The van der Waals surface area contributed by atoms with E-state index in [1.54, 1.807) is 20.4 Å². The summed E-state index contributed by atoms with van der Waals surface area (Å²) in [6, 6.07) is -0.205. The zero-order chi connectivity index (χ0) is 9.14. The average molecular weight is 170 g/mol. The topological polar surface area (TPSA) is 66.0 Å². The van der Waals surface area contributed by atoms with Crippen LogP contribution in [0.4, 0.5) is 0 Å². The second-order valence-electron chi connectivity index (χ2n) is 2.73. The van der Waals surface area contributed by atoms with Crippen molar-refractivity contribution in [3.8, 4) is 0 Å². The van der Waals surface area contributed by atoms with Crippen molar-refractivity contribution >= 4 is 0 Å². The lowest BCUT2D eigenvalue weighted by Crippen LogP contribution is -2.25. The molecule has 0 bridgehead atoms. The molecule has 2 atom stereocenters. The van der Waals surface area contributed by atoms with E-state index in [-0.39, 0.29) is 12.1 Å². The van der Waals surface area contributed by atoms with Crippen molar-refractivity contribution in [3.63, 3.8) is 0 Å². The number of hydrogen-bond donors (Lipinski definition) is 1. The Labute approximate surface area is 71.5 Å². The van der Waals surface area contributed by atoms with Crippen LogP contribution in [0.1, 0.15) is 18.7 Å². The maximum Gasteiger partial charge on any atom is 0.102 e. The Bertz CT molecular complexity index is 247. The monoisotopic (exact) mass is 170 g/mol. The first-order valence-electron chi connectivity index (χ1n) is 3.79. The van der Waals surface area contributed by atoms with Crippen LogP contribution >= 0.6 is 0 Å². The van der Waals surface area contributed by atoms with Crippen LogP contribution in [0.2, 0.25) is 0 Å². The molecule has 0 aromatic carbocycles. The summed E-state index contributed by atoms with van der Waals surface area (Å²) in [6.07, 6.45) is 1.61. The maximum atomic E-state index is 5.82. The van der Waals surface area contributed by atoms with Crippen LogP contribution in [0.5, 0.6) is 0 Å². The lowest BCUT2D eigenvalue weighted by Gasteiger charge is -2.15. The summed E-state index contributed by atoms with van der Waals surface area (Å²) in [5.41, 5.74) is 6.58. The summed E-state index contributed by atoms with van der Waals surface area (Å²) in [4.78, 5) is 1.48. The van der Waals surface area contributed by atoms with Crippen molar-refractivity contribution in [2.45, 2.75) is 19.1 Å². The van der Waals surface area contributed by atoms with Crippen molar-refractivity contribution in [1.82, 2.24) is 15.0 Å². The summed E-state index contributed by atoms with van der Waals surface area (Å²) < 4.78 is 5.07. The van der Waals surface area contributed by atoms with Gasteiger partial charge >= 0.3 is 0 Å². The molecule has 5 heteroatoms. The molecule has 0 saturated carbocycles. The summed E-state index contributed by atoms with van der Waals surface area (Å²) >= 11 is 0. The molecule has 2 unspecified atom stereocenters. The van der Waals surface area contributed by atoms with Crippen molar-refractivity contribution in [3.05, 3.63) is 11.9 Å². The number of methoxy groups -OCH3 is 1. The highest BCUT2D eigenvalue weighted by atomic mass is 16.5. The molecular weight excluding hydrogens is 156 g/mol. The minimum absolute atomic E-state index is 0.0401. The Morgan fingerprint density at radius 3 is 2.75 bits per heavy atom. The van der Waals surface area contributed by atoms with Gasteiger partial charge in [0.05, 0.1) is 18.3 Å². The second-order valence-corrected chi connectivity index (χ2v) is 2.73. The van der Waals surface area contributed by atoms with E-state index in [4.69, 9.17) is 10.5 Å². The molecule has 5 nitrogen and oxygen atoms in total. The van der Waals surface area contributed by atoms with Crippen LogP contribution in [0.3, 0.4) is 0 Å². The first-order chi connectivity index (χ1) is 5.65. The van der Waals surface area contributed by atoms with Gasteiger partial charge in [-0.2, -0.15) is 15.0 Å². The van der Waals surface area contributed by atoms with Crippen LogP contribution in [0.25, 0.3) is 0 Å². The number of ether oxygens (including phenoxy) is 1. The number of hydrogen-bond acceptors (Lipinski definition) is 4. The SMILES string of the molecule is COC(C)C(N)c1cnn(C)n1. The third-order valence-corrected chi connectivity index (χ3v) is 1.84. The first-order valence-corrected chi connectivity index (χ1v) is 3.79. The fraction of sp³-hybridized carbons (Fsp3) is 0.714. The molecule has 0 spiro atoms. The molecule has 0 amide bonds. The van der Waals surface area contributed by atoms with Crippen LogP contribution in [-0.4, -0.2) is 28.2 Å². The third kappa shape index (κ3) is 1.80. The maximum absolute atomic E-state index is 5.82. The van der Waals surface area contributed by atoms with Crippen molar-refractivity contribution in [1.29, 1.82) is 0 Å². The summed E-state index contributed by atoms with van der Waals surface area (Å²) in [5, 5.41) is 8.00. The first kappa shape index (κ1) is 9.15.